The van der Waals surface area contributed by atoms with Gasteiger partial charge in [0.25, 0.3) is 10.0 Å². The average Bonchev–Trinajstić information content (AvgIpc) is 3.02. The van der Waals surface area contributed by atoms with E-state index < -0.39 is 45.8 Å². The molecular weight excluding hydrogens is 629 g/mol. The zero-order valence-corrected chi connectivity index (χ0v) is 27.7. The van der Waals surface area contributed by atoms with Crippen molar-refractivity contribution in [1.82, 2.24) is 10.2 Å². The average molecular weight is 666 g/mol. The van der Waals surface area contributed by atoms with Gasteiger partial charge in [-0.05, 0) is 86.5 Å². The van der Waals surface area contributed by atoms with Gasteiger partial charge in [-0.25, -0.2) is 12.8 Å². The highest BCUT2D eigenvalue weighted by atomic mass is 35.5. The summed E-state index contributed by atoms with van der Waals surface area (Å²) in [5.74, 6) is -1.06. The molecule has 0 spiro atoms. The van der Waals surface area contributed by atoms with Crippen molar-refractivity contribution in [2.75, 3.05) is 18.0 Å². The van der Waals surface area contributed by atoms with Crippen LogP contribution in [-0.4, -0.2) is 50.4 Å². The molecule has 1 N–H and O–H groups in total. The maximum atomic E-state index is 14.5. The first kappa shape index (κ1) is 34.5. The lowest BCUT2D eigenvalue weighted by Crippen LogP contribution is -2.56. The molecule has 0 radical (unpaired) electrons. The van der Waals surface area contributed by atoms with Crippen LogP contribution in [0, 0.1) is 5.82 Å². The van der Waals surface area contributed by atoms with Crippen LogP contribution >= 0.6 is 11.6 Å². The zero-order valence-electron chi connectivity index (χ0n) is 26.1. The summed E-state index contributed by atoms with van der Waals surface area (Å²) in [6.45, 7) is 4.76. The molecule has 1 atom stereocenters. The number of benzene rings is 4. The number of hydrogen-bond acceptors (Lipinski definition) is 5. The maximum Gasteiger partial charge on any atom is 0.264 e. The fraction of sp³-hybridized carbons (Fsp3) is 0.257. The lowest BCUT2D eigenvalue weighted by Gasteiger charge is -2.35. The van der Waals surface area contributed by atoms with Crippen molar-refractivity contribution in [3.8, 4) is 5.75 Å². The second-order valence-electron chi connectivity index (χ2n) is 11.8. The standard InChI is InChI=1S/C35H37ClFN3O5S/c1-35(2,3)38-34(42)32(21-25-9-6-5-7-10-25)39(23-26-13-15-28(37)16-14-26)33(41)24-40(29-12-8-11-27(36)22-29)46(43,44)31-19-17-30(45-4)18-20-31/h5-20,22,32H,21,23-24H2,1-4H3,(H,38,42)/t32-/m0/s1. The van der Waals surface area contributed by atoms with Crippen LogP contribution in [0.4, 0.5) is 10.1 Å². The summed E-state index contributed by atoms with van der Waals surface area (Å²) in [5, 5.41) is 3.25. The fourth-order valence-corrected chi connectivity index (χ4v) is 6.42. The number of nitrogens with zero attached hydrogens (tertiary/aromatic N) is 2. The van der Waals surface area contributed by atoms with Crippen molar-refractivity contribution in [1.29, 1.82) is 0 Å². The van der Waals surface area contributed by atoms with Crippen LogP contribution in [0.15, 0.2) is 108 Å². The summed E-state index contributed by atoms with van der Waals surface area (Å²) in [7, 11) is -2.84. The second kappa shape index (κ2) is 14.8. The highest BCUT2D eigenvalue weighted by Crippen LogP contribution is 2.28. The van der Waals surface area contributed by atoms with Crippen molar-refractivity contribution in [3.63, 3.8) is 0 Å². The van der Waals surface area contributed by atoms with E-state index in [1.165, 1.54) is 72.7 Å². The molecule has 0 aliphatic carbocycles. The third-order valence-corrected chi connectivity index (χ3v) is 9.08. The number of methoxy groups -OCH3 is 1. The molecule has 2 amide bonds. The third kappa shape index (κ3) is 9.08. The summed E-state index contributed by atoms with van der Waals surface area (Å²) in [4.78, 5) is 29.7. The van der Waals surface area contributed by atoms with Gasteiger partial charge >= 0.3 is 0 Å². The van der Waals surface area contributed by atoms with E-state index in [1.807, 2.05) is 51.1 Å². The third-order valence-electron chi connectivity index (χ3n) is 7.06. The summed E-state index contributed by atoms with van der Waals surface area (Å²) >= 11 is 6.27. The molecule has 0 aliphatic rings. The van der Waals surface area contributed by atoms with Crippen molar-refractivity contribution >= 4 is 39.1 Å². The van der Waals surface area contributed by atoms with Crippen molar-refractivity contribution in [2.24, 2.45) is 0 Å². The Kier molecular flexibility index (Phi) is 11.1. The Morgan fingerprint density at radius 2 is 1.54 bits per heavy atom. The second-order valence-corrected chi connectivity index (χ2v) is 14.1. The van der Waals surface area contributed by atoms with E-state index in [2.05, 4.69) is 5.32 Å². The van der Waals surface area contributed by atoms with Crippen LogP contribution in [0.1, 0.15) is 31.9 Å². The van der Waals surface area contributed by atoms with Crippen LogP contribution in [-0.2, 0) is 32.6 Å². The number of carbonyl (C=O) groups is 2. The van der Waals surface area contributed by atoms with Crippen LogP contribution in [0.5, 0.6) is 5.75 Å². The predicted octanol–water partition coefficient (Wildman–Crippen LogP) is 6.24. The number of ether oxygens (including phenoxy) is 1. The summed E-state index contributed by atoms with van der Waals surface area (Å²) in [5.41, 5.74) is 0.896. The molecule has 242 valence electrons. The van der Waals surface area contributed by atoms with E-state index in [-0.39, 0.29) is 28.6 Å². The van der Waals surface area contributed by atoms with Gasteiger partial charge in [-0.15, -0.1) is 0 Å². The van der Waals surface area contributed by atoms with Crippen LogP contribution in [0.25, 0.3) is 0 Å². The largest absolute Gasteiger partial charge is 0.497 e. The monoisotopic (exact) mass is 665 g/mol. The molecule has 0 aliphatic heterocycles. The van der Waals surface area contributed by atoms with E-state index in [4.69, 9.17) is 16.3 Å². The molecule has 0 saturated carbocycles. The first-order valence-electron chi connectivity index (χ1n) is 14.6. The molecule has 0 aromatic heterocycles. The summed E-state index contributed by atoms with van der Waals surface area (Å²) < 4.78 is 48.3. The quantitative estimate of drug-likeness (QED) is 0.193. The Morgan fingerprint density at radius 3 is 2.13 bits per heavy atom. The van der Waals surface area contributed by atoms with E-state index >= 15 is 0 Å². The van der Waals surface area contributed by atoms with Gasteiger partial charge in [0, 0.05) is 23.5 Å². The van der Waals surface area contributed by atoms with Gasteiger partial charge in [0.15, 0.2) is 0 Å². The van der Waals surface area contributed by atoms with Crippen molar-refractivity contribution in [2.45, 2.75) is 50.2 Å². The maximum absolute atomic E-state index is 14.5. The van der Waals surface area contributed by atoms with Gasteiger partial charge in [0.2, 0.25) is 11.8 Å². The Bertz CT molecular complexity index is 1750. The summed E-state index contributed by atoms with van der Waals surface area (Å²) in [6.07, 6.45) is 0.151. The molecule has 0 bridgehead atoms. The van der Waals surface area contributed by atoms with Gasteiger partial charge in [-0.3, -0.25) is 13.9 Å². The molecule has 11 heteroatoms. The fourth-order valence-electron chi connectivity index (χ4n) is 4.83. The van der Waals surface area contributed by atoms with Crippen LogP contribution in [0.2, 0.25) is 5.02 Å². The van der Waals surface area contributed by atoms with Crippen molar-refractivity contribution < 1.29 is 27.1 Å². The number of carbonyl (C=O) groups excluding carboxylic acids is 2. The SMILES string of the molecule is COc1ccc(S(=O)(=O)N(CC(=O)N(Cc2ccc(F)cc2)[C@@H](Cc2ccccc2)C(=O)NC(C)(C)C)c2cccc(Cl)c2)cc1. The number of rotatable bonds is 12. The highest BCUT2D eigenvalue weighted by Gasteiger charge is 2.35. The Hall–Kier alpha value is -4.41. The lowest BCUT2D eigenvalue weighted by molar-refractivity contribution is -0.140. The predicted molar refractivity (Wildman–Crippen MR) is 178 cm³/mol. The Labute approximate surface area is 274 Å². The Balaban J connectivity index is 1.81. The molecule has 0 fully saturated rings. The number of halogens is 2. The molecule has 0 heterocycles. The van der Waals surface area contributed by atoms with E-state index in [9.17, 15) is 22.4 Å². The van der Waals surface area contributed by atoms with Gasteiger partial charge in [0.1, 0.15) is 24.2 Å². The molecule has 46 heavy (non-hydrogen) atoms. The van der Waals surface area contributed by atoms with Crippen LogP contribution in [0.3, 0.4) is 0 Å². The summed E-state index contributed by atoms with van der Waals surface area (Å²) in [6, 6.07) is 25.8. The highest BCUT2D eigenvalue weighted by molar-refractivity contribution is 7.92. The van der Waals surface area contributed by atoms with Gasteiger partial charge in [-0.2, -0.15) is 0 Å². The molecular formula is C35H37ClFN3O5S. The lowest BCUT2D eigenvalue weighted by atomic mass is 10.0. The smallest absolute Gasteiger partial charge is 0.264 e. The number of sulfonamides is 1. The minimum absolute atomic E-state index is 0.0718. The van der Waals surface area contributed by atoms with E-state index in [0.717, 1.165) is 9.87 Å². The van der Waals surface area contributed by atoms with E-state index in [1.54, 1.807) is 12.1 Å². The number of anilines is 1. The molecule has 4 rings (SSSR count). The van der Waals surface area contributed by atoms with E-state index in [0.29, 0.717) is 11.3 Å². The van der Waals surface area contributed by atoms with Gasteiger partial charge < -0.3 is 15.0 Å². The zero-order chi connectivity index (χ0) is 33.5. The number of amides is 2. The minimum atomic E-state index is -4.32. The van der Waals surface area contributed by atoms with Gasteiger partial charge in [-0.1, -0.05) is 60.1 Å². The normalized spacial score (nSPS) is 12.2. The number of hydrogen-bond donors (Lipinski definition) is 1. The van der Waals surface area contributed by atoms with Crippen molar-refractivity contribution in [3.05, 3.63) is 125 Å². The number of nitrogens with one attached hydrogen (secondary N) is 1. The first-order valence-corrected chi connectivity index (χ1v) is 16.4. The molecule has 4 aromatic rings. The molecule has 0 unspecified atom stereocenters. The minimum Gasteiger partial charge on any atom is -0.497 e. The molecule has 8 nitrogen and oxygen atoms in total. The Morgan fingerprint density at radius 1 is 0.891 bits per heavy atom. The molecule has 4 aromatic carbocycles. The topological polar surface area (TPSA) is 96.0 Å². The molecule has 0 saturated heterocycles. The first-order chi connectivity index (χ1) is 21.8. The van der Waals surface area contributed by atoms with Gasteiger partial charge in [0.05, 0.1) is 17.7 Å². The van der Waals surface area contributed by atoms with Crippen LogP contribution < -0.4 is 14.4 Å².